The molecule has 0 fully saturated rings. The molecule has 2 N–H and O–H groups in total. The minimum atomic E-state index is -0.990. The molecule has 5 heteroatoms. The highest BCUT2D eigenvalue weighted by Crippen LogP contribution is 2.12. The van der Waals surface area contributed by atoms with Crippen LogP contribution in [0.25, 0.3) is 0 Å². The minimum absolute atomic E-state index is 0.0900. The average Bonchev–Trinajstić information content (AvgIpc) is 2.48. The molecule has 5 nitrogen and oxygen atoms in total. The molecular formula is C9H15N3O2. The van der Waals surface area contributed by atoms with Gasteiger partial charge >= 0.3 is 5.97 Å². The second-order valence-corrected chi connectivity index (χ2v) is 3.16. The molecule has 1 heterocycles. The largest absolute Gasteiger partial charge is 0.476 e. The molecule has 0 radical (unpaired) electrons. The predicted octanol–water partition coefficient (Wildman–Crippen LogP) is 0.789. The Bertz CT molecular complexity index is 333. The van der Waals surface area contributed by atoms with Crippen LogP contribution in [-0.2, 0) is 7.05 Å². The van der Waals surface area contributed by atoms with Crippen LogP contribution in [0.1, 0.15) is 36.1 Å². The van der Waals surface area contributed by atoms with Gasteiger partial charge in [-0.3, -0.25) is 4.68 Å². The van der Waals surface area contributed by atoms with E-state index in [0.29, 0.717) is 0 Å². The zero-order valence-electron chi connectivity index (χ0n) is 8.61. The van der Waals surface area contributed by atoms with Crippen LogP contribution in [0.3, 0.4) is 0 Å². The molecule has 0 aliphatic rings. The quantitative estimate of drug-likeness (QED) is 0.748. The molecule has 14 heavy (non-hydrogen) atoms. The maximum atomic E-state index is 10.7. The number of hydrogen-bond acceptors (Lipinski definition) is 3. The molecule has 1 aromatic rings. The minimum Gasteiger partial charge on any atom is -0.476 e. The fourth-order valence-corrected chi connectivity index (χ4v) is 1.40. The normalized spacial score (nSPS) is 12.8. The molecule has 1 aromatic heterocycles. The number of nitrogens with one attached hydrogen (secondary N) is 1. The Hall–Kier alpha value is -1.36. The summed E-state index contributed by atoms with van der Waals surface area (Å²) in [4.78, 5) is 10.7. The van der Waals surface area contributed by atoms with Gasteiger partial charge in [0.05, 0.1) is 5.69 Å². The molecular weight excluding hydrogens is 182 g/mol. The molecule has 0 bridgehead atoms. The van der Waals surface area contributed by atoms with Crippen molar-refractivity contribution in [2.45, 2.75) is 19.9 Å². The van der Waals surface area contributed by atoms with Crippen molar-refractivity contribution >= 4 is 5.97 Å². The van der Waals surface area contributed by atoms with Crippen LogP contribution in [0.2, 0.25) is 0 Å². The van der Waals surface area contributed by atoms with Gasteiger partial charge in [-0.1, -0.05) is 6.92 Å². The van der Waals surface area contributed by atoms with Crippen LogP contribution in [-0.4, -0.2) is 27.4 Å². The summed E-state index contributed by atoms with van der Waals surface area (Å²) in [6, 6.07) is 1.71. The maximum Gasteiger partial charge on any atom is 0.356 e. The van der Waals surface area contributed by atoms with E-state index in [1.807, 2.05) is 13.8 Å². The second kappa shape index (κ2) is 4.23. The molecule has 0 aromatic carbocycles. The lowest BCUT2D eigenvalue weighted by Gasteiger charge is -2.11. The van der Waals surface area contributed by atoms with Gasteiger partial charge in [-0.25, -0.2) is 4.79 Å². The number of aryl methyl sites for hydroxylation is 1. The Balaban J connectivity index is 2.92. The highest BCUT2D eigenvalue weighted by Gasteiger charge is 2.14. The Morgan fingerprint density at radius 2 is 2.43 bits per heavy atom. The topological polar surface area (TPSA) is 67.2 Å². The Labute approximate surface area is 82.7 Å². The standard InChI is InChI=1S/C9H15N3O2/c1-4-10-6(2)8-5-7(9(13)14)11-12(8)3/h5-6,10H,4H2,1-3H3,(H,13,14). The van der Waals surface area contributed by atoms with E-state index in [2.05, 4.69) is 10.4 Å². The smallest absolute Gasteiger partial charge is 0.356 e. The van der Waals surface area contributed by atoms with Gasteiger partial charge in [0, 0.05) is 13.1 Å². The van der Waals surface area contributed by atoms with Gasteiger partial charge in [0.25, 0.3) is 0 Å². The highest BCUT2D eigenvalue weighted by atomic mass is 16.4. The summed E-state index contributed by atoms with van der Waals surface area (Å²) in [5.74, 6) is -0.990. The van der Waals surface area contributed by atoms with Crippen LogP contribution < -0.4 is 5.32 Å². The first-order valence-electron chi connectivity index (χ1n) is 4.56. The molecule has 1 atom stereocenters. The third-order valence-corrected chi connectivity index (χ3v) is 2.09. The second-order valence-electron chi connectivity index (χ2n) is 3.16. The molecule has 1 unspecified atom stereocenters. The fraction of sp³-hybridized carbons (Fsp3) is 0.556. The van der Waals surface area contributed by atoms with E-state index >= 15 is 0 Å². The van der Waals surface area contributed by atoms with Gasteiger partial charge in [-0.15, -0.1) is 0 Å². The first kappa shape index (κ1) is 10.7. The van der Waals surface area contributed by atoms with Crippen molar-refractivity contribution in [3.63, 3.8) is 0 Å². The Kier molecular flexibility index (Phi) is 3.24. The van der Waals surface area contributed by atoms with Crippen molar-refractivity contribution in [1.82, 2.24) is 15.1 Å². The molecule has 0 saturated heterocycles. The Morgan fingerprint density at radius 1 is 1.79 bits per heavy atom. The van der Waals surface area contributed by atoms with Crippen LogP contribution >= 0.6 is 0 Å². The monoisotopic (exact) mass is 197 g/mol. The summed E-state index contributed by atoms with van der Waals surface area (Å²) in [6.07, 6.45) is 0. The lowest BCUT2D eigenvalue weighted by atomic mass is 10.2. The van der Waals surface area contributed by atoms with E-state index in [0.717, 1.165) is 12.2 Å². The highest BCUT2D eigenvalue weighted by molar-refractivity contribution is 5.85. The average molecular weight is 197 g/mol. The number of nitrogens with zero attached hydrogens (tertiary/aromatic N) is 2. The van der Waals surface area contributed by atoms with Crippen molar-refractivity contribution in [3.05, 3.63) is 17.5 Å². The summed E-state index contributed by atoms with van der Waals surface area (Å²) < 4.78 is 1.59. The van der Waals surface area contributed by atoms with Gasteiger partial charge in [0.2, 0.25) is 0 Å². The number of carboxylic acids is 1. The van der Waals surface area contributed by atoms with Crippen LogP contribution in [0.4, 0.5) is 0 Å². The van der Waals surface area contributed by atoms with Crippen LogP contribution in [0.5, 0.6) is 0 Å². The molecule has 0 aliphatic heterocycles. The van der Waals surface area contributed by atoms with E-state index in [-0.39, 0.29) is 11.7 Å². The van der Waals surface area contributed by atoms with Crippen molar-refractivity contribution in [2.24, 2.45) is 7.05 Å². The summed E-state index contributed by atoms with van der Waals surface area (Å²) in [7, 11) is 1.75. The molecule has 0 spiro atoms. The number of aromatic carboxylic acids is 1. The molecule has 1 rings (SSSR count). The maximum absolute atomic E-state index is 10.7. The van der Waals surface area contributed by atoms with Crippen molar-refractivity contribution < 1.29 is 9.90 Å². The van der Waals surface area contributed by atoms with E-state index in [1.165, 1.54) is 0 Å². The van der Waals surface area contributed by atoms with Gasteiger partial charge in [-0.05, 0) is 19.5 Å². The van der Waals surface area contributed by atoms with E-state index in [4.69, 9.17) is 5.11 Å². The summed E-state index contributed by atoms with van der Waals surface area (Å²) in [6.45, 7) is 4.83. The first-order chi connectivity index (χ1) is 6.56. The van der Waals surface area contributed by atoms with Crippen LogP contribution in [0.15, 0.2) is 6.07 Å². The number of carboxylic acid groups (broad SMARTS) is 1. The number of aromatic nitrogens is 2. The van der Waals surface area contributed by atoms with E-state index in [9.17, 15) is 4.79 Å². The van der Waals surface area contributed by atoms with E-state index in [1.54, 1.807) is 17.8 Å². The number of carbonyl (C=O) groups is 1. The van der Waals surface area contributed by atoms with Gasteiger partial charge < -0.3 is 10.4 Å². The number of rotatable bonds is 4. The molecule has 0 aliphatic carbocycles. The Morgan fingerprint density at radius 3 is 2.86 bits per heavy atom. The summed E-state index contributed by atoms with van der Waals surface area (Å²) in [5.41, 5.74) is 0.969. The van der Waals surface area contributed by atoms with Gasteiger partial charge in [-0.2, -0.15) is 5.10 Å². The van der Waals surface area contributed by atoms with Crippen molar-refractivity contribution in [3.8, 4) is 0 Å². The molecule has 0 saturated carbocycles. The summed E-state index contributed by atoms with van der Waals surface area (Å²) in [5, 5.41) is 15.8. The first-order valence-corrected chi connectivity index (χ1v) is 4.56. The molecule has 0 amide bonds. The van der Waals surface area contributed by atoms with Crippen molar-refractivity contribution in [1.29, 1.82) is 0 Å². The van der Waals surface area contributed by atoms with Crippen molar-refractivity contribution in [2.75, 3.05) is 6.54 Å². The fourth-order valence-electron chi connectivity index (χ4n) is 1.40. The third-order valence-electron chi connectivity index (χ3n) is 2.09. The third kappa shape index (κ3) is 2.11. The SMILES string of the molecule is CCNC(C)c1cc(C(=O)O)nn1C. The van der Waals surface area contributed by atoms with Gasteiger partial charge in [0.15, 0.2) is 5.69 Å². The van der Waals surface area contributed by atoms with Crippen LogP contribution in [0, 0.1) is 0 Å². The van der Waals surface area contributed by atoms with Gasteiger partial charge in [0.1, 0.15) is 0 Å². The lowest BCUT2D eigenvalue weighted by Crippen LogP contribution is -2.20. The van der Waals surface area contributed by atoms with E-state index < -0.39 is 5.97 Å². The zero-order chi connectivity index (χ0) is 10.7. The molecule has 78 valence electrons. The number of hydrogen-bond donors (Lipinski definition) is 2. The summed E-state index contributed by atoms with van der Waals surface area (Å²) >= 11 is 0. The predicted molar refractivity (Wildman–Crippen MR) is 52.3 cm³/mol. The zero-order valence-corrected chi connectivity index (χ0v) is 8.61. The lowest BCUT2D eigenvalue weighted by molar-refractivity contribution is 0.0689.